The van der Waals surface area contributed by atoms with Crippen LogP contribution in [0.1, 0.15) is 62.9 Å². The van der Waals surface area contributed by atoms with Gasteiger partial charge in [0.25, 0.3) is 11.7 Å². The number of aliphatic hydroxyl groups is 1. The van der Waals surface area contributed by atoms with Crippen LogP contribution in [0, 0.1) is 0 Å². The summed E-state index contributed by atoms with van der Waals surface area (Å²) in [6.45, 7) is 3.90. The lowest BCUT2D eigenvalue weighted by atomic mass is 9.82. The summed E-state index contributed by atoms with van der Waals surface area (Å²) in [6, 6.07) is 18.7. The second-order valence-corrected chi connectivity index (χ2v) is 9.89. The number of amides is 1. The molecule has 4 aromatic rings. The van der Waals surface area contributed by atoms with E-state index in [1.165, 1.54) is 24.3 Å². The maximum absolute atomic E-state index is 14.3. The fourth-order valence-electron chi connectivity index (χ4n) is 5.42. The number of nitrogens with zero attached hydrogens (tertiary/aromatic N) is 2. The summed E-state index contributed by atoms with van der Waals surface area (Å²) in [5.41, 5.74) is -3.06. The number of benzene rings is 3. The van der Waals surface area contributed by atoms with Crippen molar-refractivity contribution in [3.8, 4) is 11.4 Å². The first-order chi connectivity index (χ1) is 18.5. The summed E-state index contributed by atoms with van der Waals surface area (Å²) >= 11 is 0. The maximum Gasteiger partial charge on any atom is 0.434 e. The van der Waals surface area contributed by atoms with Gasteiger partial charge in [-0.1, -0.05) is 68.4 Å². The normalized spacial score (nSPS) is 21.4. The van der Waals surface area contributed by atoms with Crippen LogP contribution in [0.15, 0.2) is 79.0 Å². The number of halogens is 3. The van der Waals surface area contributed by atoms with Gasteiger partial charge in [-0.15, -0.1) is 0 Å². The van der Waals surface area contributed by atoms with Gasteiger partial charge in [-0.2, -0.15) is 18.3 Å². The summed E-state index contributed by atoms with van der Waals surface area (Å²) in [7, 11) is 0. The lowest BCUT2D eigenvalue weighted by Crippen LogP contribution is -2.60. The molecule has 6 rings (SSSR count). The number of hydrogen-bond donors (Lipinski definition) is 2. The van der Waals surface area contributed by atoms with Crippen LogP contribution in [0.5, 0.6) is 5.75 Å². The highest BCUT2D eigenvalue weighted by atomic mass is 19.4. The van der Waals surface area contributed by atoms with E-state index in [9.17, 15) is 27.9 Å². The fraction of sp³-hybridized carbons (Fsp3) is 0.207. The highest BCUT2D eigenvalue weighted by Crippen LogP contribution is 2.58. The highest BCUT2D eigenvalue weighted by molar-refractivity contribution is 6.13. The first-order valence-electron chi connectivity index (χ1n) is 12.2. The lowest BCUT2D eigenvalue weighted by molar-refractivity contribution is -0.169. The van der Waals surface area contributed by atoms with Crippen LogP contribution in [-0.2, 0) is 17.5 Å². The third-order valence-corrected chi connectivity index (χ3v) is 7.30. The Morgan fingerprint density at radius 3 is 2.41 bits per heavy atom. The van der Waals surface area contributed by atoms with Crippen molar-refractivity contribution in [1.29, 1.82) is 0 Å². The molecule has 0 saturated carbocycles. The zero-order valence-electron chi connectivity index (χ0n) is 20.8. The summed E-state index contributed by atoms with van der Waals surface area (Å²) in [5.74, 6) is -4.09. The van der Waals surface area contributed by atoms with Crippen molar-refractivity contribution < 1.29 is 32.6 Å². The molecule has 1 aliphatic carbocycles. The molecule has 0 spiro atoms. The van der Waals surface area contributed by atoms with Gasteiger partial charge in [-0.25, -0.2) is 4.68 Å². The van der Waals surface area contributed by atoms with Gasteiger partial charge in [0.1, 0.15) is 5.75 Å². The Labute approximate surface area is 220 Å². The largest absolute Gasteiger partial charge is 0.454 e. The zero-order chi connectivity index (χ0) is 27.7. The predicted octanol–water partition coefficient (Wildman–Crippen LogP) is 5.07. The third-order valence-electron chi connectivity index (χ3n) is 7.30. The van der Waals surface area contributed by atoms with Crippen LogP contribution in [0.2, 0.25) is 0 Å². The predicted molar refractivity (Wildman–Crippen MR) is 134 cm³/mol. The Morgan fingerprint density at radius 1 is 1.03 bits per heavy atom. The number of Topliss-reactive ketones (excluding diaryl/α,β-unsaturated/α-hetero) is 1. The quantitative estimate of drug-likeness (QED) is 0.382. The Bertz CT molecular complexity index is 1650. The van der Waals surface area contributed by atoms with E-state index >= 15 is 0 Å². The van der Waals surface area contributed by atoms with Gasteiger partial charge in [-0.3, -0.25) is 9.59 Å². The maximum atomic E-state index is 14.3. The number of hydrogen-bond acceptors (Lipinski definition) is 5. The smallest absolute Gasteiger partial charge is 0.434 e. The van der Waals surface area contributed by atoms with E-state index in [2.05, 4.69) is 10.4 Å². The number of nitrogens with one attached hydrogen (secondary N) is 1. The Morgan fingerprint density at radius 2 is 1.72 bits per heavy atom. The standard InChI is InChI=1S/C29H22F3N3O4/c1-16(2)17-12-13-22-23(14-17)39-28(38)21-11-7-6-10-19(21)25(36)27(22,28)34-26(37)20-15-33-35(24(20)29(30,31)32)18-8-4-3-5-9-18/h3-16,38H,1-2H3,(H,34,37). The van der Waals surface area contributed by atoms with E-state index in [1.54, 1.807) is 48.5 Å². The van der Waals surface area contributed by atoms with Crippen molar-refractivity contribution in [1.82, 2.24) is 15.1 Å². The molecule has 0 bridgehead atoms. The molecule has 2 aliphatic rings. The van der Waals surface area contributed by atoms with Crippen LogP contribution < -0.4 is 10.1 Å². The Hall–Kier alpha value is -4.44. The van der Waals surface area contributed by atoms with Crippen molar-refractivity contribution in [2.75, 3.05) is 0 Å². The lowest BCUT2D eigenvalue weighted by Gasteiger charge is -2.34. The Balaban J connectivity index is 1.52. The van der Waals surface area contributed by atoms with Gasteiger partial charge >= 0.3 is 6.18 Å². The second-order valence-electron chi connectivity index (χ2n) is 9.89. The van der Waals surface area contributed by atoms with E-state index in [0.29, 0.717) is 4.68 Å². The van der Waals surface area contributed by atoms with Crippen molar-refractivity contribution >= 4 is 11.7 Å². The molecule has 39 heavy (non-hydrogen) atoms. The van der Waals surface area contributed by atoms with E-state index in [-0.39, 0.29) is 34.0 Å². The number of alkyl halides is 3. The molecule has 2 heterocycles. The number of carbonyl (C=O) groups is 2. The van der Waals surface area contributed by atoms with Crippen LogP contribution in [0.3, 0.4) is 0 Å². The summed E-state index contributed by atoms with van der Waals surface area (Å²) in [6.07, 6.45) is -4.17. The molecule has 10 heteroatoms. The van der Waals surface area contributed by atoms with Crippen LogP contribution in [0.25, 0.3) is 5.69 Å². The first-order valence-corrected chi connectivity index (χ1v) is 12.2. The van der Waals surface area contributed by atoms with E-state index < -0.39 is 40.5 Å². The molecule has 0 saturated heterocycles. The fourth-order valence-corrected chi connectivity index (χ4v) is 5.42. The molecular weight excluding hydrogens is 511 g/mol. The van der Waals surface area contributed by atoms with Crippen LogP contribution in [-0.4, -0.2) is 26.6 Å². The van der Waals surface area contributed by atoms with E-state index in [1.807, 2.05) is 13.8 Å². The average Bonchev–Trinajstić information content (AvgIpc) is 3.52. The number of carbonyl (C=O) groups excluding carboxylic acids is 2. The molecule has 0 radical (unpaired) electrons. The summed E-state index contributed by atoms with van der Waals surface area (Å²) < 4.78 is 49.6. The van der Waals surface area contributed by atoms with Gasteiger partial charge in [0, 0.05) is 16.7 Å². The first kappa shape index (κ1) is 24.9. The van der Waals surface area contributed by atoms with Gasteiger partial charge in [0.15, 0.2) is 5.69 Å². The molecule has 0 fully saturated rings. The average molecular weight is 534 g/mol. The van der Waals surface area contributed by atoms with E-state index in [0.717, 1.165) is 11.8 Å². The number of rotatable bonds is 4. The van der Waals surface area contributed by atoms with Gasteiger partial charge in [0.2, 0.25) is 11.3 Å². The molecule has 198 valence electrons. The van der Waals surface area contributed by atoms with Crippen LogP contribution >= 0.6 is 0 Å². The minimum Gasteiger partial charge on any atom is -0.454 e. The number of para-hydroxylation sites is 1. The summed E-state index contributed by atoms with van der Waals surface area (Å²) in [5, 5.41) is 18.3. The van der Waals surface area contributed by atoms with E-state index in [4.69, 9.17) is 4.74 Å². The van der Waals surface area contributed by atoms with Gasteiger partial charge in [0.05, 0.1) is 17.4 Å². The van der Waals surface area contributed by atoms with Gasteiger partial charge in [-0.05, 0) is 29.7 Å². The zero-order valence-corrected chi connectivity index (χ0v) is 20.8. The van der Waals surface area contributed by atoms with Crippen molar-refractivity contribution in [2.45, 2.75) is 37.3 Å². The Kier molecular flexibility index (Phi) is 5.28. The minimum absolute atomic E-state index is 0.0840. The molecule has 1 amide bonds. The highest BCUT2D eigenvalue weighted by Gasteiger charge is 2.71. The SMILES string of the molecule is CC(C)c1ccc2c(c1)OC1(O)c3ccccc3C(=O)C21NC(=O)c1cnn(-c2ccccc2)c1C(F)(F)F. The monoisotopic (exact) mass is 533 g/mol. The van der Waals surface area contributed by atoms with Gasteiger partial charge < -0.3 is 15.2 Å². The molecular formula is C29H22F3N3O4. The van der Waals surface area contributed by atoms with Crippen LogP contribution in [0.4, 0.5) is 13.2 Å². The topological polar surface area (TPSA) is 93.4 Å². The molecule has 1 aliphatic heterocycles. The number of fused-ring (bicyclic) bond motifs is 5. The third kappa shape index (κ3) is 3.37. The molecule has 2 unspecified atom stereocenters. The molecule has 1 aromatic heterocycles. The molecule has 7 nitrogen and oxygen atoms in total. The molecule has 2 N–H and O–H groups in total. The molecule has 3 aromatic carbocycles. The number of ketones is 1. The van der Waals surface area contributed by atoms with Crippen molar-refractivity contribution in [2.24, 2.45) is 0 Å². The van der Waals surface area contributed by atoms with Crippen molar-refractivity contribution in [3.63, 3.8) is 0 Å². The minimum atomic E-state index is -4.97. The molecule has 2 atom stereocenters. The van der Waals surface area contributed by atoms with Crippen molar-refractivity contribution in [3.05, 3.63) is 113 Å². The summed E-state index contributed by atoms with van der Waals surface area (Å²) in [4.78, 5) is 27.7. The number of ether oxygens (including phenoxy) is 1. The number of aromatic nitrogens is 2. The second kappa shape index (κ2) is 8.28.